The van der Waals surface area contributed by atoms with Gasteiger partial charge in [0.15, 0.2) is 0 Å². The quantitative estimate of drug-likeness (QED) is 0.554. The molecule has 0 fully saturated rings. The molecule has 0 aliphatic heterocycles. The molecule has 0 saturated carbocycles. The molecule has 0 aromatic heterocycles. The highest BCUT2D eigenvalue weighted by Crippen LogP contribution is 2.46. The lowest BCUT2D eigenvalue weighted by atomic mass is 9.90. The molecule has 1 aliphatic carbocycles. The molecule has 0 nitrogen and oxygen atoms in total. The van der Waals surface area contributed by atoms with Crippen molar-refractivity contribution < 1.29 is 0 Å². The maximum atomic E-state index is 6.16. The molecule has 0 saturated heterocycles. The summed E-state index contributed by atoms with van der Waals surface area (Å²) >= 11 is 23.8. The van der Waals surface area contributed by atoms with Crippen molar-refractivity contribution in [3.8, 4) is 0 Å². The lowest BCUT2D eigenvalue weighted by molar-refractivity contribution is 0.568. The Labute approximate surface area is 92.1 Å². The van der Waals surface area contributed by atoms with Crippen LogP contribution in [-0.4, -0.2) is 4.87 Å². The zero-order valence-corrected chi connectivity index (χ0v) is 9.69. The van der Waals surface area contributed by atoms with E-state index < -0.39 is 4.87 Å². The first-order chi connectivity index (χ1) is 5.37. The highest BCUT2D eigenvalue weighted by molar-refractivity contribution is 6.45. The van der Waals surface area contributed by atoms with E-state index in [9.17, 15) is 0 Å². The van der Waals surface area contributed by atoms with Crippen molar-refractivity contribution in [2.45, 2.75) is 18.7 Å². The third-order valence-electron chi connectivity index (χ3n) is 2.14. The van der Waals surface area contributed by atoms with Gasteiger partial charge in [-0.15, -0.1) is 11.6 Å². The number of allylic oxidation sites excluding steroid dienone is 4. The van der Waals surface area contributed by atoms with Gasteiger partial charge >= 0.3 is 0 Å². The molecule has 2 atom stereocenters. The lowest BCUT2D eigenvalue weighted by Crippen LogP contribution is -2.29. The zero-order chi connectivity index (χ0) is 9.52. The maximum absolute atomic E-state index is 6.16. The average molecular weight is 246 g/mol. The number of alkyl halides is 1. The lowest BCUT2D eigenvalue weighted by Gasteiger charge is -2.32. The molecule has 0 amide bonds. The molecule has 0 aromatic carbocycles. The van der Waals surface area contributed by atoms with Gasteiger partial charge in [-0.1, -0.05) is 41.7 Å². The molecule has 1 aliphatic rings. The Kier molecular flexibility index (Phi) is 3.05. The topological polar surface area (TPSA) is 0 Å². The van der Waals surface area contributed by atoms with Crippen LogP contribution in [0.5, 0.6) is 0 Å². The van der Waals surface area contributed by atoms with E-state index in [1.807, 2.05) is 13.8 Å². The maximum Gasteiger partial charge on any atom is 0.0848 e. The van der Waals surface area contributed by atoms with E-state index in [0.717, 1.165) is 0 Å². The van der Waals surface area contributed by atoms with Gasteiger partial charge < -0.3 is 0 Å². The van der Waals surface area contributed by atoms with Gasteiger partial charge in [0.05, 0.1) is 9.91 Å². The van der Waals surface area contributed by atoms with Gasteiger partial charge in [-0.05, 0) is 13.0 Å². The first-order valence-electron chi connectivity index (χ1n) is 3.49. The molecule has 1 rings (SSSR count). The molecule has 12 heavy (non-hydrogen) atoms. The van der Waals surface area contributed by atoms with Crippen LogP contribution in [0.3, 0.4) is 0 Å². The van der Waals surface area contributed by atoms with Crippen molar-refractivity contribution in [2.24, 2.45) is 5.92 Å². The number of halogens is 4. The minimum atomic E-state index is -0.628. The highest BCUT2D eigenvalue weighted by atomic mass is 35.5. The third kappa shape index (κ3) is 1.63. The van der Waals surface area contributed by atoms with Crippen LogP contribution in [0.1, 0.15) is 13.8 Å². The smallest absolute Gasteiger partial charge is 0.0848 e. The van der Waals surface area contributed by atoms with E-state index in [1.54, 1.807) is 6.08 Å². The Morgan fingerprint density at radius 3 is 2.33 bits per heavy atom. The van der Waals surface area contributed by atoms with E-state index in [1.165, 1.54) is 0 Å². The van der Waals surface area contributed by atoms with Crippen LogP contribution in [0.15, 0.2) is 21.2 Å². The van der Waals surface area contributed by atoms with E-state index in [0.29, 0.717) is 15.1 Å². The van der Waals surface area contributed by atoms with Crippen LogP contribution in [0.2, 0.25) is 0 Å². The monoisotopic (exact) mass is 244 g/mol. The fraction of sp³-hybridized carbons (Fsp3) is 0.500. The summed E-state index contributed by atoms with van der Waals surface area (Å²) in [7, 11) is 0. The van der Waals surface area contributed by atoms with Gasteiger partial charge in [0.2, 0.25) is 0 Å². The minimum absolute atomic E-state index is 0.0502. The van der Waals surface area contributed by atoms with Crippen LogP contribution in [0, 0.1) is 5.92 Å². The Balaban J connectivity index is 3.16. The summed E-state index contributed by atoms with van der Waals surface area (Å²) in [6, 6.07) is 0. The summed E-state index contributed by atoms with van der Waals surface area (Å²) in [5.41, 5.74) is 0. The average Bonchev–Trinajstić information content (AvgIpc) is 1.99. The van der Waals surface area contributed by atoms with Gasteiger partial charge in [0, 0.05) is 16.0 Å². The van der Waals surface area contributed by atoms with Crippen molar-refractivity contribution in [1.82, 2.24) is 0 Å². The molecule has 2 unspecified atom stereocenters. The van der Waals surface area contributed by atoms with Crippen molar-refractivity contribution >= 4 is 46.4 Å². The van der Waals surface area contributed by atoms with Crippen LogP contribution in [0.25, 0.3) is 0 Å². The summed E-state index contributed by atoms with van der Waals surface area (Å²) in [5.74, 6) is -0.0502. The Bertz CT molecular complexity index is 262. The van der Waals surface area contributed by atoms with Gasteiger partial charge in [-0.2, -0.15) is 0 Å². The molecule has 0 heterocycles. The second-order valence-electron chi connectivity index (χ2n) is 2.99. The predicted octanol–water partition coefficient (Wildman–Crippen LogP) is 4.45. The Morgan fingerprint density at radius 1 is 1.33 bits per heavy atom. The second kappa shape index (κ2) is 3.42. The SMILES string of the molecule is CC1C(Cl)=C(Cl)C=C(Cl)C1(C)Cl. The Hall–Kier alpha value is 0.640. The summed E-state index contributed by atoms with van der Waals surface area (Å²) in [4.78, 5) is -0.628. The fourth-order valence-electron chi connectivity index (χ4n) is 0.973. The fourth-order valence-corrected chi connectivity index (χ4v) is 2.07. The first-order valence-corrected chi connectivity index (χ1v) is 5.00. The summed E-state index contributed by atoms with van der Waals surface area (Å²) < 4.78 is 0. The standard InChI is InChI=1S/C8H8Cl4/c1-4-7(11)5(9)3-6(10)8(4,2)12/h3-4H,1-2H3. The molecule has 0 spiro atoms. The number of rotatable bonds is 0. The van der Waals surface area contributed by atoms with Crippen molar-refractivity contribution in [3.63, 3.8) is 0 Å². The minimum Gasteiger partial charge on any atom is -0.113 e. The van der Waals surface area contributed by atoms with Gasteiger partial charge in [0.1, 0.15) is 0 Å². The van der Waals surface area contributed by atoms with E-state index in [-0.39, 0.29) is 5.92 Å². The molecule has 0 N–H and O–H groups in total. The van der Waals surface area contributed by atoms with E-state index in [4.69, 9.17) is 46.4 Å². The summed E-state index contributed by atoms with van der Waals surface area (Å²) in [5, 5.41) is 1.58. The van der Waals surface area contributed by atoms with Crippen molar-refractivity contribution in [3.05, 3.63) is 21.2 Å². The molecular formula is C8H8Cl4. The first kappa shape index (κ1) is 10.7. The molecule has 68 valence electrons. The van der Waals surface area contributed by atoms with Gasteiger partial charge in [-0.25, -0.2) is 0 Å². The van der Waals surface area contributed by atoms with Crippen molar-refractivity contribution in [1.29, 1.82) is 0 Å². The number of hydrogen-bond acceptors (Lipinski definition) is 0. The molecular weight excluding hydrogens is 238 g/mol. The highest BCUT2D eigenvalue weighted by Gasteiger charge is 2.37. The van der Waals surface area contributed by atoms with Crippen molar-refractivity contribution in [2.75, 3.05) is 0 Å². The molecule has 4 heteroatoms. The zero-order valence-electron chi connectivity index (χ0n) is 6.67. The van der Waals surface area contributed by atoms with Crippen LogP contribution in [-0.2, 0) is 0 Å². The molecule has 0 radical (unpaired) electrons. The summed E-state index contributed by atoms with van der Waals surface area (Å²) in [6.45, 7) is 3.72. The van der Waals surface area contributed by atoms with Crippen LogP contribution in [0.4, 0.5) is 0 Å². The predicted molar refractivity (Wildman–Crippen MR) is 56.1 cm³/mol. The normalized spacial score (nSPS) is 36.8. The van der Waals surface area contributed by atoms with Gasteiger partial charge in [-0.3, -0.25) is 0 Å². The Morgan fingerprint density at radius 2 is 1.83 bits per heavy atom. The summed E-state index contributed by atoms with van der Waals surface area (Å²) in [6.07, 6.45) is 1.60. The third-order valence-corrected chi connectivity index (χ3v) is 4.21. The van der Waals surface area contributed by atoms with E-state index in [2.05, 4.69) is 0 Å². The van der Waals surface area contributed by atoms with E-state index >= 15 is 0 Å². The number of hydrogen-bond donors (Lipinski definition) is 0. The van der Waals surface area contributed by atoms with Crippen LogP contribution >= 0.6 is 46.4 Å². The largest absolute Gasteiger partial charge is 0.113 e. The molecule has 0 aromatic rings. The van der Waals surface area contributed by atoms with Gasteiger partial charge in [0.25, 0.3) is 0 Å². The van der Waals surface area contributed by atoms with Crippen LogP contribution < -0.4 is 0 Å². The second-order valence-corrected chi connectivity index (χ2v) is 4.99. The molecule has 0 bridgehead atoms.